The summed E-state index contributed by atoms with van der Waals surface area (Å²) in [6.45, 7) is 3.92. The number of hydrogen-bond donors (Lipinski definition) is 0. The smallest absolute Gasteiger partial charge is 0.340 e. The van der Waals surface area contributed by atoms with Gasteiger partial charge in [-0.3, -0.25) is 13.9 Å². The fourth-order valence-electron chi connectivity index (χ4n) is 2.05. The van der Waals surface area contributed by atoms with Crippen molar-refractivity contribution in [2.45, 2.75) is 32.9 Å². The van der Waals surface area contributed by atoms with E-state index in [4.69, 9.17) is 0 Å². The molecule has 118 valence electrons. The summed E-state index contributed by atoms with van der Waals surface area (Å²) in [6, 6.07) is 5.92. The van der Waals surface area contributed by atoms with Crippen LogP contribution in [-0.2, 0) is 17.9 Å². The summed E-state index contributed by atoms with van der Waals surface area (Å²) in [4.78, 5) is 25.3. The standard InChI is InChI=1S/C15H18FN3O3/c1-10(2)14-17-22-15(21)19(14)9-13(20)18(3)8-11-4-6-12(16)7-5-11/h4-7,10H,8-9H2,1-3H3. The van der Waals surface area contributed by atoms with Gasteiger partial charge in [-0.15, -0.1) is 0 Å². The summed E-state index contributed by atoms with van der Waals surface area (Å²) in [5.41, 5.74) is 0.805. The van der Waals surface area contributed by atoms with Crippen molar-refractivity contribution >= 4 is 5.91 Å². The normalized spacial score (nSPS) is 11.0. The summed E-state index contributed by atoms with van der Waals surface area (Å²) in [5, 5.41) is 3.68. The molecule has 0 saturated carbocycles. The van der Waals surface area contributed by atoms with Gasteiger partial charge in [0.1, 0.15) is 12.4 Å². The molecule has 6 nitrogen and oxygen atoms in total. The molecule has 0 atom stereocenters. The highest BCUT2D eigenvalue weighted by Gasteiger charge is 2.18. The van der Waals surface area contributed by atoms with Crippen LogP contribution in [0.25, 0.3) is 0 Å². The molecule has 0 saturated heterocycles. The van der Waals surface area contributed by atoms with Crippen molar-refractivity contribution in [2.75, 3.05) is 7.05 Å². The van der Waals surface area contributed by atoms with Crippen molar-refractivity contribution in [3.8, 4) is 0 Å². The lowest BCUT2D eigenvalue weighted by Crippen LogP contribution is -2.33. The molecule has 1 aromatic heterocycles. The molecule has 2 aromatic rings. The predicted molar refractivity (Wildman–Crippen MR) is 77.7 cm³/mol. The Kier molecular flexibility index (Phi) is 4.75. The van der Waals surface area contributed by atoms with Gasteiger partial charge in [-0.2, -0.15) is 0 Å². The molecule has 0 aliphatic heterocycles. The third-order valence-corrected chi connectivity index (χ3v) is 3.28. The van der Waals surface area contributed by atoms with Crippen LogP contribution in [0.5, 0.6) is 0 Å². The topological polar surface area (TPSA) is 68.3 Å². The number of aromatic nitrogens is 2. The van der Waals surface area contributed by atoms with E-state index in [1.165, 1.54) is 21.6 Å². The molecule has 22 heavy (non-hydrogen) atoms. The largest absolute Gasteiger partial charge is 0.442 e. The van der Waals surface area contributed by atoms with Crippen LogP contribution in [0.3, 0.4) is 0 Å². The maximum atomic E-state index is 12.9. The molecule has 0 unspecified atom stereocenters. The van der Waals surface area contributed by atoms with Gasteiger partial charge in [0.05, 0.1) is 0 Å². The van der Waals surface area contributed by atoms with Crippen molar-refractivity contribution < 1.29 is 13.7 Å². The van der Waals surface area contributed by atoms with Gasteiger partial charge in [0.15, 0.2) is 5.82 Å². The molecule has 0 aliphatic carbocycles. The zero-order chi connectivity index (χ0) is 16.3. The first-order valence-corrected chi connectivity index (χ1v) is 6.93. The summed E-state index contributed by atoms with van der Waals surface area (Å²) >= 11 is 0. The predicted octanol–water partition coefficient (Wildman–Crippen LogP) is 1.76. The van der Waals surface area contributed by atoms with Crippen molar-refractivity contribution in [3.63, 3.8) is 0 Å². The van der Waals surface area contributed by atoms with Gasteiger partial charge < -0.3 is 4.90 Å². The van der Waals surface area contributed by atoms with Crippen molar-refractivity contribution in [1.82, 2.24) is 14.6 Å². The molecule has 2 rings (SSSR count). The van der Waals surface area contributed by atoms with Crippen LogP contribution in [0.1, 0.15) is 31.2 Å². The third-order valence-electron chi connectivity index (χ3n) is 3.28. The molecule has 0 spiro atoms. The first kappa shape index (κ1) is 15.9. The number of hydrogen-bond acceptors (Lipinski definition) is 4. The van der Waals surface area contributed by atoms with Crippen molar-refractivity contribution in [3.05, 3.63) is 52.0 Å². The molecule has 0 N–H and O–H groups in total. The van der Waals surface area contributed by atoms with Crippen molar-refractivity contribution in [1.29, 1.82) is 0 Å². The lowest BCUT2D eigenvalue weighted by Gasteiger charge is -2.18. The number of carbonyl (C=O) groups excluding carboxylic acids is 1. The van der Waals surface area contributed by atoms with E-state index in [1.54, 1.807) is 19.2 Å². The Bertz CT molecular complexity index is 704. The zero-order valence-electron chi connectivity index (χ0n) is 12.7. The fraction of sp³-hybridized carbons (Fsp3) is 0.400. The zero-order valence-corrected chi connectivity index (χ0v) is 12.7. The van der Waals surface area contributed by atoms with E-state index in [-0.39, 0.29) is 24.2 Å². The molecule has 0 bridgehead atoms. The molecule has 7 heteroatoms. The highest BCUT2D eigenvalue weighted by atomic mass is 19.1. The quantitative estimate of drug-likeness (QED) is 0.844. The Morgan fingerprint density at radius 2 is 2.00 bits per heavy atom. The molecule has 0 aliphatic rings. The minimum absolute atomic E-state index is 0.0262. The van der Waals surface area contributed by atoms with E-state index in [2.05, 4.69) is 9.68 Å². The van der Waals surface area contributed by atoms with Crippen LogP contribution in [0.15, 0.2) is 33.6 Å². The molecule has 1 aromatic carbocycles. The Balaban J connectivity index is 2.07. The molecule has 0 fully saturated rings. The Labute approximate surface area is 127 Å². The number of amides is 1. The molecule has 1 amide bonds. The minimum atomic E-state index is -0.646. The highest BCUT2D eigenvalue weighted by Crippen LogP contribution is 2.10. The maximum absolute atomic E-state index is 12.9. The molecule has 1 heterocycles. The van der Waals surface area contributed by atoms with E-state index in [0.29, 0.717) is 12.4 Å². The summed E-state index contributed by atoms with van der Waals surface area (Å²) < 4.78 is 18.7. The van der Waals surface area contributed by atoms with Gasteiger partial charge in [0, 0.05) is 19.5 Å². The average Bonchev–Trinajstić information content (AvgIpc) is 2.83. The summed E-state index contributed by atoms with van der Waals surface area (Å²) in [7, 11) is 1.62. The van der Waals surface area contributed by atoms with E-state index in [9.17, 15) is 14.0 Å². The Morgan fingerprint density at radius 1 is 1.36 bits per heavy atom. The van der Waals surface area contributed by atoms with Crippen LogP contribution >= 0.6 is 0 Å². The maximum Gasteiger partial charge on any atom is 0.442 e. The van der Waals surface area contributed by atoms with E-state index in [1.807, 2.05) is 13.8 Å². The lowest BCUT2D eigenvalue weighted by atomic mass is 10.2. The monoisotopic (exact) mass is 307 g/mol. The average molecular weight is 307 g/mol. The van der Waals surface area contributed by atoms with E-state index in [0.717, 1.165) is 5.56 Å². The van der Waals surface area contributed by atoms with Gasteiger partial charge in [-0.1, -0.05) is 31.1 Å². The van der Waals surface area contributed by atoms with Crippen LogP contribution in [0.2, 0.25) is 0 Å². The number of nitrogens with zero attached hydrogens (tertiary/aromatic N) is 3. The fourth-order valence-corrected chi connectivity index (χ4v) is 2.05. The van der Waals surface area contributed by atoms with Gasteiger partial charge in [0.25, 0.3) is 0 Å². The summed E-state index contributed by atoms with van der Waals surface area (Å²) in [5.74, 6) is -0.811. The number of likely N-dealkylation sites (N-methyl/N-ethyl adjacent to an activating group) is 1. The van der Waals surface area contributed by atoms with Gasteiger partial charge in [-0.05, 0) is 17.7 Å². The number of carbonyl (C=O) groups is 1. The molecular formula is C15H18FN3O3. The lowest BCUT2D eigenvalue weighted by molar-refractivity contribution is -0.131. The second kappa shape index (κ2) is 6.55. The van der Waals surface area contributed by atoms with Crippen molar-refractivity contribution in [2.24, 2.45) is 0 Å². The van der Waals surface area contributed by atoms with Crippen LogP contribution < -0.4 is 5.76 Å². The third kappa shape index (κ3) is 3.60. The summed E-state index contributed by atoms with van der Waals surface area (Å²) in [6.07, 6.45) is 0. The van der Waals surface area contributed by atoms with Crippen LogP contribution in [0.4, 0.5) is 4.39 Å². The SMILES string of the molecule is CC(C)c1noc(=O)n1CC(=O)N(C)Cc1ccc(F)cc1. The number of halogens is 1. The van der Waals surface area contributed by atoms with Crippen LogP contribution in [-0.4, -0.2) is 27.6 Å². The Hall–Kier alpha value is -2.44. The van der Waals surface area contributed by atoms with Crippen LogP contribution in [0, 0.1) is 5.82 Å². The van der Waals surface area contributed by atoms with Gasteiger partial charge in [-0.25, -0.2) is 9.18 Å². The first-order chi connectivity index (χ1) is 10.4. The first-order valence-electron chi connectivity index (χ1n) is 6.93. The van der Waals surface area contributed by atoms with Gasteiger partial charge >= 0.3 is 5.76 Å². The van der Waals surface area contributed by atoms with E-state index >= 15 is 0 Å². The van der Waals surface area contributed by atoms with E-state index < -0.39 is 5.76 Å². The second-order valence-corrected chi connectivity index (χ2v) is 5.42. The Morgan fingerprint density at radius 3 is 2.59 bits per heavy atom. The molecular weight excluding hydrogens is 289 g/mol. The second-order valence-electron chi connectivity index (χ2n) is 5.42. The van der Waals surface area contributed by atoms with Gasteiger partial charge in [0.2, 0.25) is 5.91 Å². The highest BCUT2D eigenvalue weighted by molar-refractivity contribution is 5.75. The minimum Gasteiger partial charge on any atom is -0.340 e. The number of rotatable bonds is 5. The number of benzene rings is 1. The molecule has 0 radical (unpaired) electrons.